The fourth-order valence-electron chi connectivity index (χ4n) is 3.28. The minimum Gasteiger partial charge on any atom is -0.347 e. The lowest BCUT2D eigenvalue weighted by Crippen LogP contribution is -2.34. The first-order valence-electron chi connectivity index (χ1n) is 8.39. The smallest absolute Gasteiger partial charge is 0.168 e. The third-order valence-electron chi connectivity index (χ3n) is 4.52. The predicted octanol–water partition coefficient (Wildman–Crippen LogP) is 5.00. The minimum absolute atomic E-state index is 0.212. The molecule has 20 heavy (non-hydrogen) atoms. The molecule has 0 aromatic heterocycles. The van der Waals surface area contributed by atoms with Crippen molar-refractivity contribution in [2.45, 2.75) is 76.6 Å². The molecule has 2 rings (SSSR count). The number of hydrogen-bond donors (Lipinski definition) is 0. The molecule has 0 N–H and O–H groups in total. The molecule has 2 atom stereocenters. The Morgan fingerprint density at radius 2 is 2.10 bits per heavy atom. The van der Waals surface area contributed by atoms with Crippen LogP contribution >= 0.6 is 0 Å². The molecular formula is C18H30O2. The Balaban J connectivity index is 1.89. The van der Waals surface area contributed by atoms with Crippen LogP contribution < -0.4 is 0 Å². The summed E-state index contributed by atoms with van der Waals surface area (Å²) in [6.07, 6.45) is 17.5. The lowest BCUT2D eigenvalue weighted by molar-refractivity contribution is -0.190. The average molecular weight is 278 g/mol. The normalized spacial score (nSPS) is 27.1. The molecule has 1 aliphatic carbocycles. The monoisotopic (exact) mass is 278 g/mol. The van der Waals surface area contributed by atoms with Crippen molar-refractivity contribution in [3.8, 4) is 0 Å². The largest absolute Gasteiger partial charge is 0.347 e. The molecule has 0 aromatic carbocycles. The maximum Gasteiger partial charge on any atom is 0.168 e. The van der Waals surface area contributed by atoms with Gasteiger partial charge >= 0.3 is 0 Å². The molecule has 2 aliphatic rings. The van der Waals surface area contributed by atoms with Crippen LogP contribution in [0.15, 0.2) is 24.8 Å². The fraction of sp³-hybridized carbons (Fsp3) is 0.778. The second-order valence-corrected chi connectivity index (χ2v) is 6.20. The number of allylic oxidation sites excluding steroid dienone is 2. The van der Waals surface area contributed by atoms with E-state index in [-0.39, 0.29) is 11.9 Å². The van der Waals surface area contributed by atoms with Crippen LogP contribution in [0, 0.1) is 5.92 Å². The summed E-state index contributed by atoms with van der Waals surface area (Å²) >= 11 is 0. The molecule has 1 heterocycles. The van der Waals surface area contributed by atoms with Crippen molar-refractivity contribution in [1.82, 2.24) is 0 Å². The van der Waals surface area contributed by atoms with Crippen LogP contribution in [0.1, 0.15) is 64.7 Å². The molecule has 2 nitrogen and oxygen atoms in total. The van der Waals surface area contributed by atoms with Crippen LogP contribution in [0.5, 0.6) is 0 Å². The zero-order valence-corrected chi connectivity index (χ0v) is 13.0. The van der Waals surface area contributed by atoms with Crippen LogP contribution in [-0.2, 0) is 9.47 Å². The topological polar surface area (TPSA) is 18.5 Å². The van der Waals surface area contributed by atoms with E-state index < -0.39 is 0 Å². The quantitative estimate of drug-likeness (QED) is 0.482. The van der Waals surface area contributed by atoms with Gasteiger partial charge in [0.2, 0.25) is 0 Å². The van der Waals surface area contributed by atoms with Gasteiger partial charge in [-0.3, -0.25) is 0 Å². The van der Waals surface area contributed by atoms with Crippen molar-refractivity contribution >= 4 is 0 Å². The molecule has 0 radical (unpaired) electrons. The number of ether oxygens (including phenoxy) is 2. The summed E-state index contributed by atoms with van der Waals surface area (Å²) in [6.45, 7) is 6.87. The van der Waals surface area contributed by atoms with E-state index in [1.807, 2.05) is 6.08 Å². The number of unbranched alkanes of at least 4 members (excludes halogenated alkanes) is 2. The van der Waals surface area contributed by atoms with Crippen LogP contribution in [-0.4, -0.2) is 18.5 Å². The first kappa shape index (κ1) is 15.8. The Morgan fingerprint density at radius 1 is 1.30 bits per heavy atom. The van der Waals surface area contributed by atoms with Gasteiger partial charge in [-0.05, 0) is 25.7 Å². The molecule has 1 spiro atoms. The third kappa shape index (κ3) is 4.20. The van der Waals surface area contributed by atoms with E-state index in [2.05, 4.69) is 25.7 Å². The minimum atomic E-state index is -0.250. The van der Waals surface area contributed by atoms with Crippen LogP contribution in [0.2, 0.25) is 0 Å². The van der Waals surface area contributed by atoms with Gasteiger partial charge in [0.25, 0.3) is 0 Å². The molecular weight excluding hydrogens is 248 g/mol. The van der Waals surface area contributed by atoms with Gasteiger partial charge in [0, 0.05) is 18.8 Å². The van der Waals surface area contributed by atoms with E-state index in [1.165, 1.54) is 38.5 Å². The van der Waals surface area contributed by atoms with Gasteiger partial charge in [-0.25, -0.2) is 0 Å². The van der Waals surface area contributed by atoms with Crippen LogP contribution in [0.4, 0.5) is 0 Å². The summed E-state index contributed by atoms with van der Waals surface area (Å²) in [5, 5.41) is 0. The summed E-state index contributed by atoms with van der Waals surface area (Å²) in [5.74, 6) is 0.172. The fourth-order valence-corrected chi connectivity index (χ4v) is 3.28. The Hall–Kier alpha value is -0.600. The van der Waals surface area contributed by atoms with Crippen molar-refractivity contribution in [2.75, 3.05) is 6.61 Å². The highest BCUT2D eigenvalue weighted by Crippen LogP contribution is 2.40. The van der Waals surface area contributed by atoms with Crippen molar-refractivity contribution in [3.05, 3.63) is 24.8 Å². The summed E-state index contributed by atoms with van der Waals surface area (Å²) in [5.41, 5.74) is 0. The molecule has 2 fully saturated rings. The van der Waals surface area contributed by atoms with E-state index in [0.717, 1.165) is 25.9 Å². The van der Waals surface area contributed by atoms with Gasteiger partial charge in [-0.2, -0.15) is 0 Å². The van der Waals surface area contributed by atoms with Crippen molar-refractivity contribution in [1.29, 1.82) is 0 Å². The molecule has 1 saturated carbocycles. The first-order chi connectivity index (χ1) is 9.79. The zero-order chi connectivity index (χ0) is 14.3. The highest BCUT2D eigenvalue weighted by atomic mass is 16.7. The van der Waals surface area contributed by atoms with Crippen LogP contribution in [0.25, 0.3) is 0 Å². The lowest BCUT2D eigenvalue weighted by Gasteiger charge is -2.32. The Morgan fingerprint density at radius 3 is 2.80 bits per heavy atom. The van der Waals surface area contributed by atoms with E-state index in [0.29, 0.717) is 5.92 Å². The second-order valence-electron chi connectivity index (χ2n) is 6.20. The molecule has 0 unspecified atom stereocenters. The van der Waals surface area contributed by atoms with E-state index >= 15 is 0 Å². The average Bonchev–Trinajstić information content (AvgIpc) is 2.87. The highest BCUT2D eigenvalue weighted by Gasteiger charge is 2.43. The van der Waals surface area contributed by atoms with E-state index in [1.54, 1.807) is 0 Å². The Kier molecular flexibility index (Phi) is 6.31. The van der Waals surface area contributed by atoms with E-state index in [4.69, 9.17) is 9.47 Å². The lowest BCUT2D eigenvalue weighted by atomic mass is 9.94. The summed E-state index contributed by atoms with van der Waals surface area (Å²) in [7, 11) is 0. The van der Waals surface area contributed by atoms with Crippen molar-refractivity contribution in [2.24, 2.45) is 5.92 Å². The first-order valence-corrected chi connectivity index (χ1v) is 8.39. The van der Waals surface area contributed by atoms with Gasteiger partial charge in [-0.15, -0.1) is 6.58 Å². The van der Waals surface area contributed by atoms with Crippen LogP contribution in [0.3, 0.4) is 0 Å². The molecule has 1 saturated heterocycles. The van der Waals surface area contributed by atoms with Gasteiger partial charge in [0.15, 0.2) is 5.79 Å². The van der Waals surface area contributed by atoms with Gasteiger partial charge in [0.1, 0.15) is 0 Å². The third-order valence-corrected chi connectivity index (χ3v) is 4.52. The maximum absolute atomic E-state index is 6.34. The van der Waals surface area contributed by atoms with Crippen molar-refractivity contribution in [3.63, 3.8) is 0 Å². The molecule has 1 aliphatic heterocycles. The molecule has 0 aromatic rings. The SMILES string of the molecule is C=CC[C@@H](/C=C/CCCC)[C@H]1COC2(CCCCC2)O1. The molecule has 114 valence electrons. The maximum atomic E-state index is 6.34. The van der Waals surface area contributed by atoms with Gasteiger partial charge in [-0.1, -0.05) is 44.4 Å². The second kappa shape index (κ2) is 7.99. The molecule has 0 amide bonds. The molecule has 2 heteroatoms. The Bertz CT molecular complexity index is 315. The zero-order valence-electron chi connectivity index (χ0n) is 13.0. The predicted molar refractivity (Wildman–Crippen MR) is 83.6 cm³/mol. The number of rotatable bonds is 7. The standard InChI is InChI=1S/C18H30O2/c1-3-5-6-8-12-16(11-4-2)17-15-19-18(20-17)13-9-7-10-14-18/h4,8,12,16-17H,2-3,5-7,9-11,13-15H2,1H3/b12-8+/t16-,17+/m0/s1. The van der Waals surface area contributed by atoms with Gasteiger partial charge < -0.3 is 9.47 Å². The summed E-state index contributed by atoms with van der Waals surface area (Å²) < 4.78 is 12.4. The molecule has 0 bridgehead atoms. The van der Waals surface area contributed by atoms with E-state index in [9.17, 15) is 0 Å². The summed E-state index contributed by atoms with van der Waals surface area (Å²) in [6, 6.07) is 0. The van der Waals surface area contributed by atoms with Gasteiger partial charge in [0.05, 0.1) is 12.7 Å². The number of hydrogen-bond acceptors (Lipinski definition) is 2. The Labute approximate surface area is 124 Å². The highest BCUT2D eigenvalue weighted by molar-refractivity contribution is 4.98. The van der Waals surface area contributed by atoms with Crippen molar-refractivity contribution < 1.29 is 9.47 Å². The summed E-state index contributed by atoms with van der Waals surface area (Å²) in [4.78, 5) is 0.